The molecular weight excluding hydrogens is 370 g/mol. The van der Waals surface area contributed by atoms with Gasteiger partial charge in [-0.15, -0.1) is 0 Å². The SMILES string of the molecule is Cn1c(=O)[nH]c(=O)c2c1nc(NCC(=O)O)n2C[C@@H](O)COc1ccccc1. The molecule has 0 saturated heterocycles. The first-order valence-corrected chi connectivity index (χ1v) is 8.38. The lowest BCUT2D eigenvalue weighted by Crippen LogP contribution is -2.31. The van der Waals surface area contributed by atoms with Crippen LogP contribution in [0.3, 0.4) is 0 Å². The van der Waals surface area contributed by atoms with Crippen molar-refractivity contribution in [1.29, 1.82) is 0 Å². The zero-order valence-electron chi connectivity index (χ0n) is 15.0. The van der Waals surface area contributed by atoms with Crippen LogP contribution >= 0.6 is 0 Å². The Morgan fingerprint density at radius 2 is 2.04 bits per heavy atom. The van der Waals surface area contributed by atoms with Gasteiger partial charge in [0.05, 0.1) is 6.54 Å². The number of carboxylic acid groups (broad SMARTS) is 1. The Bertz CT molecular complexity index is 1100. The molecule has 28 heavy (non-hydrogen) atoms. The van der Waals surface area contributed by atoms with E-state index in [0.29, 0.717) is 5.75 Å². The minimum Gasteiger partial charge on any atom is -0.491 e. The number of carboxylic acids is 1. The molecule has 2 aromatic heterocycles. The maximum absolute atomic E-state index is 12.3. The molecule has 0 aliphatic heterocycles. The van der Waals surface area contributed by atoms with E-state index in [0.717, 1.165) is 4.57 Å². The number of hydrogen-bond donors (Lipinski definition) is 4. The van der Waals surface area contributed by atoms with Crippen LogP contribution in [0.2, 0.25) is 0 Å². The molecule has 148 valence electrons. The summed E-state index contributed by atoms with van der Waals surface area (Å²) in [5.74, 6) is -0.515. The van der Waals surface area contributed by atoms with E-state index in [1.165, 1.54) is 11.6 Å². The topological polar surface area (TPSA) is 151 Å². The molecule has 11 heteroatoms. The Kier molecular flexibility index (Phi) is 5.45. The van der Waals surface area contributed by atoms with Crippen LogP contribution < -0.4 is 21.3 Å². The Balaban J connectivity index is 1.91. The summed E-state index contributed by atoms with van der Waals surface area (Å²) in [6, 6.07) is 8.88. The average molecular weight is 389 g/mol. The normalized spacial score (nSPS) is 12.1. The van der Waals surface area contributed by atoms with Crippen molar-refractivity contribution in [2.24, 2.45) is 7.05 Å². The molecule has 0 saturated carbocycles. The van der Waals surface area contributed by atoms with Gasteiger partial charge < -0.3 is 24.8 Å². The average Bonchev–Trinajstić information content (AvgIpc) is 3.02. The van der Waals surface area contributed by atoms with Gasteiger partial charge in [0, 0.05) is 7.05 Å². The number of carbonyl (C=O) groups is 1. The van der Waals surface area contributed by atoms with Crippen molar-refractivity contribution in [2.75, 3.05) is 18.5 Å². The van der Waals surface area contributed by atoms with E-state index >= 15 is 0 Å². The number of aromatic amines is 1. The van der Waals surface area contributed by atoms with Gasteiger partial charge in [0.25, 0.3) is 5.56 Å². The summed E-state index contributed by atoms with van der Waals surface area (Å²) >= 11 is 0. The Labute approximate surface area is 157 Å². The summed E-state index contributed by atoms with van der Waals surface area (Å²) in [4.78, 5) is 41.3. The van der Waals surface area contributed by atoms with Crippen LogP contribution in [0.5, 0.6) is 5.75 Å². The summed E-state index contributed by atoms with van der Waals surface area (Å²) in [5, 5.41) is 21.8. The zero-order valence-corrected chi connectivity index (χ0v) is 15.0. The molecule has 0 fully saturated rings. The number of aromatic nitrogens is 4. The Hall–Kier alpha value is -3.60. The predicted octanol–water partition coefficient (Wildman–Crippen LogP) is -0.640. The van der Waals surface area contributed by atoms with Gasteiger partial charge in [-0.05, 0) is 12.1 Å². The van der Waals surface area contributed by atoms with E-state index < -0.39 is 29.9 Å². The third-order valence-electron chi connectivity index (χ3n) is 3.98. The summed E-state index contributed by atoms with van der Waals surface area (Å²) < 4.78 is 7.96. The fourth-order valence-electron chi connectivity index (χ4n) is 2.67. The Morgan fingerprint density at radius 3 is 2.71 bits per heavy atom. The number of rotatable bonds is 8. The van der Waals surface area contributed by atoms with Gasteiger partial charge in [0.2, 0.25) is 5.95 Å². The number of H-pyrrole nitrogens is 1. The number of anilines is 1. The maximum Gasteiger partial charge on any atom is 0.329 e. The number of fused-ring (bicyclic) bond motifs is 1. The van der Waals surface area contributed by atoms with Gasteiger partial charge in [-0.2, -0.15) is 4.98 Å². The van der Waals surface area contributed by atoms with E-state index in [1.807, 2.05) is 6.07 Å². The first-order chi connectivity index (χ1) is 13.4. The van der Waals surface area contributed by atoms with Crippen molar-refractivity contribution in [3.63, 3.8) is 0 Å². The van der Waals surface area contributed by atoms with E-state index in [1.54, 1.807) is 24.3 Å². The molecule has 11 nitrogen and oxygen atoms in total. The standard InChI is InChI=1S/C17H19N5O6/c1-21-14-13(15(26)20-17(21)27)22(16(19-14)18-7-12(24)25)8-10(23)9-28-11-5-3-2-4-6-11/h2-6,10,23H,7-9H2,1H3,(H,18,19)(H,24,25)(H,20,26,27)/t10-/m1/s1. The number of aryl methyl sites for hydroxylation is 1. The van der Waals surface area contributed by atoms with Crippen molar-refractivity contribution >= 4 is 23.1 Å². The molecule has 3 rings (SSSR count). The van der Waals surface area contributed by atoms with Gasteiger partial charge in [-0.3, -0.25) is 19.1 Å². The highest BCUT2D eigenvalue weighted by atomic mass is 16.5. The van der Waals surface area contributed by atoms with Gasteiger partial charge >= 0.3 is 11.7 Å². The van der Waals surface area contributed by atoms with Crippen LogP contribution in [0.25, 0.3) is 11.2 Å². The van der Waals surface area contributed by atoms with Crippen molar-refractivity contribution in [1.82, 2.24) is 19.1 Å². The second kappa shape index (κ2) is 7.96. The second-order valence-corrected chi connectivity index (χ2v) is 6.06. The third kappa shape index (κ3) is 4.04. The van der Waals surface area contributed by atoms with Crippen molar-refractivity contribution in [2.45, 2.75) is 12.6 Å². The van der Waals surface area contributed by atoms with E-state index in [9.17, 15) is 19.5 Å². The molecule has 0 unspecified atom stereocenters. The lowest BCUT2D eigenvalue weighted by atomic mass is 10.3. The zero-order chi connectivity index (χ0) is 20.3. The minimum absolute atomic E-state index is 0.0359. The molecule has 0 amide bonds. The minimum atomic E-state index is -1.13. The molecule has 0 radical (unpaired) electrons. The van der Waals surface area contributed by atoms with Gasteiger partial charge in [-0.25, -0.2) is 4.79 Å². The smallest absolute Gasteiger partial charge is 0.329 e. The molecule has 1 aromatic carbocycles. The third-order valence-corrected chi connectivity index (χ3v) is 3.98. The van der Waals surface area contributed by atoms with Crippen molar-refractivity contribution < 1.29 is 19.7 Å². The summed E-state index contributed by atoms with van der Waals surface area (Å²) in [6.45, 7) is -0.621. The number of aliphatic hydroxyl groups is 1. The van der Waals surface area contributed by atoms with E-state index in [4.69, 9.17) is 9.84 Å². The van der Waals surface area contributed by atoms with Crippen LogP contribution in [-0.2, 0) is 18.4 Å². The van der Waals surface area contributed by atoms with Crippen LogP contribution in [0.15, 0.2) is 39.9 Å². The fraction of sp³-hybridized carbons (Fsp3) is 0.294. The number of nitrogens with zero attached hydrogens (tertiary/aromatic N) is 3. The number of imidazole rings is 1. The highest BCUT2D eigenvalue weighted by Crippen LogP contribution is 2.16. The number of benzene rings is 1. The monoisotopic (exact) mass is 389 g/mol. The molecule has 1 atom stereocenters. The first kappa shape index (κ1) is 19.2. The molecule has 3 aromatic rings. The van der Waals surface area contributed by atoms with E-state index in [-0.39, 0.29) is 30.3 Å². The number of aliphatic hydroxyl groups excluding tert-OH is 1. The molecule has 0 bridgehead atoms. The molecule has 0 spiro atoms. The van der Waals surface area contributed by atoms with Crippen LogP contribution in [0.1, 0.15) is 0 Å². The number of aliphatic carboxylic acids is 1. The summed E-state index contributed by atoms with van der Waals surface area (Å²) in [7, 11) is 1.42. The van der Waals surface area contributed by atoms with Gasteiger partial charge in [-0.1, -0.05) is 18.2 Å². The number of hydrogen-bond acceptors (Lipinski definition) is 7. The van der Waals surface area contributed by atoms with Crippen molar-refractivity contribution in [3.05, 3.63) is 51.2 Å². The number of ether oxygens (including phenoxy) is 1. The quantitative estimate of drug-likeness (QED) is 0.397. The lowest BCUT2D eigenvalue weighted by Gasteiger charge is -2.15. The second-order valence-electron chi connectivity index (χ2n) is 6.06. The van der Waals surface area contributed by atoms with Gasteiger partial charge in [0.15, 0.2) is 11.2 Å². The molecule has 4 N–H and O–H groups in total. The molecule has 2 heterocycles. The largest absolute Gasteiger partial charge is 0.491 e. The molecule has 0 aliphatic carbocycles. The Morgan fingerprint density at radius 1 is 1.32 bits per heavy atom. The van der Waals surface area contributed by atoms with Gasteiger partial charge in [0.1, 0.15) is 25.0 Å². The summed E-state index contributed by atoms with van der Waals surface area (Å²) in [5.41, 5.74) is -1.24. The van der Waals surface area contributed by atoms with Crippen molar-refractivity contribution in [3.8, 4) is 5.75 Å². The highest BCUT2D eigenvalue weighted by molar-refractivity contribution is 5.76. The number of nitrogens with one attached hydrogen (secondary N) is 2. The fourth-order valence-corrected chi connectivity index (χ4v) is 2.67. The maximum atomic E-state index is 12.3. The predicted molar refractivity (Wildman–Crippen MR) is 99.7 cm³/mol. The first-order valence-electron chi connectivity index (χ1n) is 8.38. The molecular formula is C17H19N5O6. The lowest BCUT2D eigenvalue weighted by molar-refractivity contribution is -0.134. The number of para-hydroxylation sites is 1. The van der Waals surface area contributed by atoms with Crippen LogP contribution in [-0.4, -0.2) is 54.5 Å². The van der Waals surface area contributed by atoms with E-state index in [2.05, 4.69) is 15.3 Å². The molecule has 0 aliphatic rings. The summed E-state index contributed by atoms with van der Waals surface area (Å²) in [6.07, 6.45) is -1.03. The highest BCUT2D eigenvalue weighted by Gasteiger charge is 2.20. The van der Waals surface area contributed by atoms with Crippen LogP contribution in [0, 0.1) is 0 Å². The van der Waals surface area contributed by atoms with Crippen LogP contribution in [0.4, 0.5) is 5.95 Å².